The van der Waals surface area contributed by atoms with Gasteiger partial charge in [0.05, 0.1) is 9.92 Å². The monoisotopic (exact) mass is 410 g/mol. The number of carbonyl (C=O) groups excluding carboxylic acids is 1. The van der Waals surface area contributed by atoms with Crippen LogP contribution in [-0.2, 0) is 21.2 Å². The average Bonchev–Trinajstić information content (AvgIpc) is 2.98. The van der Waals surface area contributed by atoms with Crippen molar-refractivity contribution in [2.45, 2.75) is 32.1 Å². The molecule has 1 aliphatic rings. The lowest BCUT2D eigenvalue weighted by molar-refractivity contribution is -0.125. The lowest BCUT2D eigenvalue weighted by Crippen LogP contribution is -2.38. The number of hydrogen-bond acceptors (Lipinski definition) is 3. The molecule has 1 heterocycles. The second kappa shape index (κ2) is 6.80. The first-order valence-corrected chi connectivity index (χ1v) is 10.3. The van der Waals surface area contributed by atoms with E-state index in [1.165, 1.54) is 0 Å². The lowest BCUT2D eigenvalue weighted by Gasteiger charge is -2.26. The number of anilines is 2. The second-order valence-corrected chi connectivity index (χ2v) is 9.57. The molecule has 2 aromatic rings. The van der Waals surface area contributed by atoms with E-state index < -0.39 is 21.3 Å². The fourth-order valence-corrected chi connectivity index (χ4v) is 4.26. The predicted octanol–water partition coefficient (Wildman–Crippen LogP) is 4.22. The van der Waals surface area contributed by atoms with Crippen LogP contribution in [-0.4, -0.2) is 20.9 Å². The zero-order chi connectivity index (χ0) is 20.0. The Bertz CT molecular complexity index is 1020. The normalized spacial score (nSPS) is 14.2. The van der Waals surface area contributed by atoms with Crippen LogP contribution in [0.4, 0.5) is 15.8 Å². The molecule has 1 amide bonds. The van der Waals surface area contributed by atoms with Gasteiger partial charge in [0, 0.05) is 23.3 Å². The first-order valence-electron chi connectivity index (χ1n) is 8.42. The van der Waals surface area contributed by atoms with Gasteiger partial charge in [-0.1, -0.05) is 32.4 Å². The fraction of sp³-hybridized carbons (Fsp3) is 0.316. The van der Waals surface area contributed by atoms with Crippen molar-refractivity contribution < 1.29 is 17.6 Å². The Morgan fingerprint density at radius 1 is 1.19 bits per heavy atom. The van der Waals surface area contributed by atoms with E-state index in [0.29, 0.717) is 18.7 Å². The van der Waals surface area contributed by atoms with Crippen LogP contribution in [0.15, 0.2) is 41.3 Å². The van der Waals surface area contributed by atoms with Gasteiger partial charge < -0.3 is 4.90 Å². The highest BCUT2D eigenvalue weighted by molar-refractivity contribution is 7.92. The number of fused-ring (bicyclic) bond motifs is 1. The van der Waals surface area contributed by atoms with Crippen LogP contribution >= 0.6 is 11.6 Å². The standard InChI is InChI=1S/C19H20ClFN2O3S/c1-19(2,3)18(24)23-9-8-12-10-13(4-7-17(12)23)22-27(25,26)14-5-6-16(21)15(20)11-14/h4-7,10-11,22H,8-9H2,1-3H3. The van der Waals surface area contributed by atoms with Gasteiger partial charge in [-0.3, -0.25) is 9.52 Å². The maximum Gasteiger partial charge on any atom is 0.261 e. The summed E-state index contributed by atoms with van der Waals surface area (Å²) in [5, 5.41) is -0.261. The molecule has 0 bridgehead atoms. The number of halogens is 2. The van der Waals surface area contributed by atoms with Crippen LogP contribution in [0.1, 0.15) is 26.3 Å². The van der Waals surface area contributed by atoms with E-state index in [1.54, 1.807) is 23.1 Å². The Kier molecular flexibility index (Phi) is 4.94. The van der Waals surface area contributed by atoms with E-state index in [9.17, 15) is 17.6 Å². The first-order chi connectivity index (χ1) is 12.5. The summed E-state index contributed by atoms with van der Waals surface area (Å²) < 4.78 is 40.8. The first kappa shape index (κ1) is 19.6. The minimum absolute atomic E-state index is 0.0236. The molecule has 8 heteroatoms. The Morgan fingerprint density at radius 3 is 2.52 bits per heavy atom. The Labute approximate surface area is 163 Å². The summed E-state index contributed by atoms with van der Waals surface area (Å²) in [6.07, 6.45) is 0.648. The highest BCUT2D eigenvalue weighted by atomic mass is 35.5. The molecule has 2 aromatic carbocycles. The van der Waals surface area contributed by atoms with Gasteiger partial charge in [-0.2, -0.15) is 0 Å². The molecule has 0 fully saturated rings. The van der Waals surface area contributed by atoms with Crippen molar-refractivity contribution in [1.29, 1.82) is 0 Å². The molecule has 0 atom stereocenters. The molecule has 0 spiro atoms. The van der Waals surface area contributed by atoms with E-state index in [-0.39, 0.29) is 15.8 Å². The average molecular weight is 411 g/mol. The summed E-state index contributed by atoms with van der Waals surface area (Å²) in [7, 11) is -3.90. The molecule has 0 aliphatic carbocycles. The zero-order valence-electron chi connectivity index (χ0n) is 15.2. The van der Waals surface area contributed by atoms with Gasteiger partial charge in [0.1, 0.15) is 5.82 Å². The van der Waals surface area contributed by atoms with Crippen LogP contribution < -0.4 is 9.62 Å². The molecule has 5 nitrogen and oxygen atoms in total. The molecular weight excluding hydrogens is 391 g/mol. The second-order valence-electron chi connectivity index (χ2n) is 7.48. The number of amides is 1. The highest BCUT2D eigenvalue weighted by Gasteiger charge is 2.32. The molecular formula is C19H20ClFN2O3S. The largest absolute Gasteiger partial charge is 0.311 e. The summed E-state index contributed by atoms with van der Waals surface area (Å²) in [6.45, 7) is 6.16. The van der Waals surface area contributed by atoms with E-state index in [2.05, 4.69) is 4.72 Å². The number of nitrogens with one attached hydrogen (secondary N) is 1. The summed E-state index contributed by atoms with van der Waals surface area (Å²) in [4.78, 5) is 14.2. The number of carbonyl (C=O) groups is 1. The SMILES string of the molecule is CC(C)(C)C(=O)N1CCc2cc(NS(=O)(=O)c3ccc(F)c(Cl)c3)ccc21. The molecule has 0 saturated carbocycles. The van der Waals surface area contributed by atoms with Crippen molar-refractivity contribution in [3.05, 3.63) is 52.8 Å². The minimum atomic E-state index is -3.90. The minimum Gasteiger partial charge on any atom is -0.311 e. The lowest BCUT2D eigenvalue weighted by atomic mass is 9.94. The molecule has 27 heavy (non-hydrogen) atoms. The quantitative estimate of drug-likeness (QED) is 0.823. The topological polar surface area (TPSA) is 66.5 Å². The number of nitrogens with zero attached hydrogens (tertiary/aromatic N) is 1. The van der Waals surface area contributed by atoms with E-state index in [1.807, 2.05) is 20.8 Å². The van der Waals surface area contributed by atoms with Gasteiger partial charge in [-0.25, -0.2) is 12.8 Å². The van der Waals surface area contributed by atoms with Crippen molar-refractivity contribution in [3.8, 4) is 0 Å². The molecule has 1 aliphatic heterocycles. The van der Waals surface area contributed by atoms with E-state index in [0.717, 1.165) is 29.4 Å². The number of benzene rings is 2. The molecule has 0 unspecified atom stereocenters. The van der Waals surface area contributed by atoms with Crippen LogP contribution in [0.25, 0.3) is 0 Å². The fourth-order valence-electron chi connectivity index (χ4n) is 2.94. The van der Waals surface area contributed by atoms with Crippen LogP contribution in [0.2, 0.25) is 5.02 Å². The van der Waals surface area contributed by atoms with Crippen LogP contribution in [0, 0.1) is 11.2 Å². The molecule has 0 aromatic heterocycles. The molecule has 1 N–H and O–H groups in total. The molecule has 0 saturated heterocycles. The van der Waals surface area contributed by atoms with Gasteiger partial charge in [0.15, 0.2) is 0 Å². The maximum atomic E-state index is 13.3. The van der Waals surface area contributed by atoms with Gasteiger partial charge in [-0.15, -0.1) is 0 Å². The molecule has 3 rings (SSSR count). The van der Waals surface area contributed by atoms with Crippen molar-refractivity contribution in [2.24, 2.45) is 5.41 Å². The van der Waals surface area contributed by atoms with Gasteiger partial charge >= 0.3 is 0 Å². The third-order valence-corrected chi connectivity index (χ3v) is 5.98. The zero-order valence-corrected chi connectivity index (χ0v) is 16.8. The summed E-state index contributed by atoms with van der Waals surface area (Å²) in [5.41, 5.74) is 1.57. The van der Waals surface area contributed by atoms with Crippen LogP contribution in [0.3, 0.4) is 0 Å². The Morgan fingerprint density at radius 2 is 1.89 bits per heavy atom. The van der Waals surface area contributed by atoms with Crippen molar-refractivity contribution in [2.75, 3.05) is 16.2 Å². The van der Waals surface area contributed by atoms with Gasteiger partial charge in [0.25, 0.3) is 10.0 Å². The van der Waals surface area contributed by atoms with Crippen molar-refractivity contribution >= 4 is 38.9 Å². The van der Waals surface area contributed by atoms with Gasteiger partial charge in [-0.05, 0) is 48.4 Å². The van der Waals surface area contributed by atoms with E-state index >= 15 is 0 Å². The number of rotatable bonds is 3. The summed E-state index contributed by atoms with van der Waals surface area (Å²) >= 11 is 5.68. The molecule has 144 valence electrons. The van der Waals surface area contributed by atoms with Crippen molar-refractivity contribution in [1.82, 2.24) is 0 Å². The Hall–Kier alpha value is -2.12. The number of hydrogen-bond donors (Lipinski definition) is 1. The maximum absolute atomic E-state index is 13.3. The Balaban J connectivity index is 1.86. The van der Waals surface area contributed by atoms with Crippen LogP contribution in [0.5, 0.6) is 0 Å². The summed E-state index contributed by atoms with van der Waals surface area (Å²) in [6, 6.07) is 8.29. The third-order valence-electron chi connectivity index (χ3n) is 4.32. The highest BCUT2D eigenvalue weighted by Crippen LogP contribution is 2.34. The third kappa shape index (κ3) is 3.94. The predicted molar refractivity (Wildman–Crippen MR) is 104 cm³/mol. The number of sulfonamides is 1. The molecule has 0 radical (unpaired) electrons. The van der Waals surface area contributed by atoms with Crippen molar-refractivity contribution in [3.63, 3.8) is 0 Å². The van der Waals surface area contributed by atoms with Gasteiger partial charge in [0.2, 0.25) is 5.91 Å². The summed E-state index contributed by atoms with van der Waals surface area (Å²) in [5.74, 6) is -0.660. The van der Waals surface area contributed by atoms with E-state index in [4.69, 9.17) is 11.6 Å². The smallest absolute Gasteiger partial charge is 0.261 e.